The summed E-state index contributed by atoms with van der Waals surface area (Å²) in [5.41, 5.74) is 3.72. The summed E-state index contributed by atoms with van der Waals surface area (Å²) < 4.78 is 5.90. The van der Waals surface area contributed by atoms with E-state index >= 15 is 0 Å². The number of aromatic amines is 1. The van der Waals surface area contributed by atoms with E-state index in [1.807, 2.05) is 6.92 Å². The van der Waals surface area contributed by atoms with Gasteiger partial charge in [0.05, 0.1) is 12.3 Å². The van der Waals surface area contributed by atoms with Crippen LogP contribution in [-0.2, 0) is 28.0 Å². The molecule has 0 amide bonds. The first-order valence-corrected chi connectivity index (χ1v) is 7.58. The number of nitrogens with one attached hydrogen (secondary N) is 1. The minimum Gasteiger partial charge on any atom is -0.550 e. The Labute approximate surface area is 152 Å². The van der Waals surface area contributed by atoms with Crippen molar-refractivity contribution in [1.82, 2.24) is 4.98 Å². The van der Waals surface area contributed by atoms with Gasteiger partial charge < -0.3 is 19.6 Å². The summed E-state index contributed by atoms with van der Waals surface area (Å²) in [6.07, 6.45) is 2.27. The second kappa shape index (κ2) is 6.75. The third kappa shape index (κ3) is 2.73. The molecule has 112 valence electrons. The van der Waals surface area contributed by atoms with E-state index in [0.717, 1.165) is 24.1 Å². The third-order valence-corrected chi connectivity index (χ3v) is 4.60. The maximum absolute atomic E-state index is 11.2. The molecule has 1 aromatic heterocycles. The van der Waals surface area contributed by atoms with Crippen LogP contribution in [0.3, 0.4) is 0 Å². The summed E-state index contributed by atoms with van der Waals surface area (Å²) in [6.45, 7) is 4.64. The molecule has 0 saturated carbocycles. The van der Waals surface area contributed by atoms with Crippen LogP contribution in [0.1, 0.15) is 43.5 Å². The number of benzene rings is 1. The molecule has 4 nitrogen and oxygen atoms in total. The average Bonchev–Trinajstić information content (AvgIpc) is 2.87. The number of rotatable bonds is 4. The largest absolute Gasteiger partial charge is 1.00 e. The monoisotopic (exact) mass is 309 g/mol. The third-order valence-electron chi connectivity index (χ3n) is 4.60. The minimum atomic E-state index is -1.07. The van der Waals surface area contributed by atoms with Crippen LogP contribution in [0.2, 0.25) is 0 Å². The second-order valence-electron chi connectivity index (χ2n) is 5.67. The van der Waals surface area contributed by atoms with Crippen molar-refractivity contribution in [3.8, 4) is 0 Å². The Morgan fingerprint density at radius 1 is 1.41 bits per heavy atom. The van der Waals surface area contributed by atoms with E-state index in [2.05, 4.69) is 30.1 Å². The molecule has 0 fully saturated rings. The van der Waals surface area contributed by atoms with Crippen molar-refractivity contribution in [3.63, 3.8) is 0 Å². The van der Waals surface area contributed by atoms with Gasteiger partial charge in [0.15, 0.2) is 0 Å². The number of H-pyrrole nitrogens is 1. The minimum absolute atomic E-state index is 0. The van der Waals surface area contributed by atoms with E-state index in [1.54, 1.807) is 0 Å². The number of carboxylic acid groups (broad SMARTS) is 1. The fourth-order valence-corrected chi connectivity index (χ4v) is 3.47. The number of ether oxygens (including phenoxy) is 1. The van der Waals surface area contributed by atoms with Gasteiger partial charge in [-0.05, 0) is 30.4 Å². The van der Waals surface area contributed by atoms with Gasteiger partial charge in [0, 0.05) is 23.3 Å². The van der Waals surface area contributed by atoms with Crippen LogP contribution in [0.15, 0.2) is 18.2 Å². The summed E-state index contributed by atoms with van der Waals surface area (Å²) in [5, 5.41) is 12.4. The van der Waals surface area contributed by atoms with Gasteiger partial charge in [-0.3, -0.25) is 0 Å². The molecule has 1 N–H and O–H groups in total. The zero-order valence-corrected chi connectivity index (χ0v) is 15.5. The number of aryl methyl sites for hydroxylation is 1. The van der Waals surface area contributed by atoms with Crippen LogP contribution in [0.4, 0.5) is 0 Å². The van der Waals surface area contributed by atoms with Gasteiger partial charge in [-0.1, -0.05) is 32.0 Å². The molecule has 1 atom stereocenters. The maximum atomic E-state index is 11.2. The first-order chi connectivity index (χ1) is 10.1. The first-order valence-electron chi connectivity index (χ1n) is 7.58. The molecular weight excluding hydrogens is 289 g/mol. The number of hydrogen-bond donors (Lipinski definition) is 1. The van der Waals surface area contributed by atoms with E-state index in [1.165, 1.54) is 16.5 Å². The van der Waals surface area contributed by atoms with E-state index in [0.29, 0.717) is 13.0 Å². The Hall–Kier alpha value is -0.810. The topological polar surface area (TPSA) is 65.2 Å². The number of carboxylic acids is 1. The van der Waals surface area contributed by atoms with Crippen molar-refractivity contribution in [1.29, 1.82) is 0 Å². The summed E-state index contributed by atoms with van der Waals surface area (Å²) in [4.78, 5) is 14.6. The van der Waals surface area contributed by atoms with Crippen molar-refractivity contribution in [2.45, 2.75) is 45.1 Å². The van der Waals surface area contributed by atoms with E-state index < -0.39 is 11.6 Å². The molecule has 1 aliphatic heterocycles. The fraction of sp³-hybridized carbons (Fsp3) is 0.471. The molecule has 5 heteroatoms. The number of hydrogen-bond acceptors (Lipinski definition) is 3. The SMILES string of the molecule is CCc1cccc2c3c([nH]c12)[C@](CC)(CC(=O)[O-])OCC3.[Na+]. The second-order valence-corrected chi connectivity index (χ2v) is 5.67. The summed E-state index contributed by atoms with van der Waals surface area (Å²) in [7, 11) is 0. The smallest absolute Gasteiger partial charge is 0.550 e. The van der Waals surface area contributed by atoms with Crippen molar-refractivity contribution in [3.05, 3.63) is 35.0 Å². The van der Waals surface area contributed by atoms with Crippen LogP contribution in [0.5, 0.6) is 0 Å². The van der Waals surface area contributed by atoms with Crippen molar-refractivity contribution < 1.29 is 44.2 Å². The summed E-state index contributed by atoms with van der Waals surface area (Å²) in [5.74, 6) is -1.07. The molecule has 0 bridgehead atoms. The van der Waals surface area contributed by atoms with Gasteiger partial charge in [0.25, 0.3) is 0 Å². The Kier molecular flexibility index (Phi) is 5.38. The molecule has 0 aliphatic carbocycles. The van der Waals surface area contributed by atoms with Gasteiger partial charge in [-0.25, -0.2) is 0 Å². The molecule has 1 aliphatic rings. The standard InChI is InChI=1S/C17H21NO3.Na/c1-3-11-6-5-7-12-13-8-9-21-17(4-2,10-14(19)20)16(13)18-15(11)12;/h5-7,18H,3-4,8-10H2,1-2H3,(H,19,20);/q;+1/p-1/t17-;/m0./s1. The van der Waals surface area contributed by atoms with Crippen LogP contribution in [-0.4, -0.2) is 17.6 Å². The van der Waals surface area contributed by atoms with Crippen molar-refractivity contribution in [2.24, 2.45) is 0 Å². The Morgan fingerprint density at radius 2 is 2.18 bits per heavy atom. The maximum Gasteiger partial charge on any atom is 1.00 e. The summed E-state index contributed by atoms with van der Waals surface area (Å²) in [6, 6.07) is 6.28. The fourth-order valence-electron chi connectivity index (χ4n) is 3.47. The van der Waals surface area contributed by atoms with Gasteiger partial charge in [0.1, 0.15) is 5.60 Å². The van der Waals surface area contributed by atoms with Gasteiger partial charge in [-0.2, -0.15) is 0 Å². The number of carbonyl (C=O) groups is 1. The number of fused-ring (bicyclic) bond motifs is 3. The summed E-state index contributed by atoms with van der Waals surface area (Å²) >= 11 is 0. The molecule has 0 unspecified atom stereocenters. The van der Waals surface area contributed by atoms with Gasteiger partial charge in [0.2, 0.25) is 0 Å². The van der Waals surface area contributed by atoms with E-state index in [9.17, 15) is 9.90 Å². The normalized spacial score (nSPS) is 20.5. The molecule has 1 aromatic carbocycles. The number of aliphatic carboxylic acids is 1. The van der Waals surface area contributed by atoms with Crippen molar-refractivity contribution >= 4 is 16.9 Å². The zero-order valence-electron chi connectivity index (χ0n) is 13.5. The molecule has 22 heavy (non-hydrogen) atoms. The number of aromatic nitrogens is 1. The van der Waals surface area contributed by atoms with Gasteiger partial charge in [-0.15, -0.1) is 0 Å². The Morgan fingerprint density at radius 3 is 2.82 bits per heavy atom. The molecule has 0 radical (unpaired) electrons. The number of carbonyl (C=O) groups excluding carboxylic acids is 1. The molecule has 0 spiro atoms. The van der Waals surface area contributed by atoms with Crippen LogP contribution >= 0.6 is 0 Å². The predicted molar refractivity (Wildman–Crippen MR) is 78.9 cm³/mol. The van der Waals surface area contributed by atoms with Gasteiger partial charge >= 0.3 is 29.6 Å². The van der Waals surface area contributed by atoms with Crippen LogP contribution in [0.25, 0.3) is 10.9 Å². The number of para-hydroxylation sites is 1. The van der Waals surface area contributed by atoms with E-state index in [4.69, 9.17) is 4.74 Å². The predicted octanol–water partition coefficient (Wildman–Crippen LogP) is -0.948. The molecule has 0 saturated heterocycles. The van der Waals surface area contributed by atoms with E-state index in [-0.39, 0.29) is 36.0 Å². The first kappa shape index (κ1) is 17.5. The Bertz CT molecular complexity index is 695. The van der Waals surface area contributed by atoms with Crippen LogP contribution in [0, 0.1) is 0 Å². The molecular formula is C17H20NNaO3. The quantitative estimate of drug-likeness (QED) is 0.741. The van der Waals surface area contributed by atoms with Crippen LogP contribution < -0.4 is 34.7 Å². The van der Waals surface area contributed by atoms with Crippen molar-refractivity contribution in [2.75, 3.05) is 6.61 Å². The molecule has 2 aromatic rings. The Balaban J connectivity index is 0.00000176. The molecule has 2 heterocycles. The zero-order chi connectivity index (χ0) is 15.0. The molecule has 3 rings (SSSR count). The average molecular weight is 309 g/mol.